The molecule has 0 aliphatic carbocycles. The Morgan fingerprint density at radius 1 is 1.07 bits per heavy atom. The fourth-order valence-electron chi connectivity index (χ4n) is 4.92. The largest absolute Gasteiger partial charge is 0.508 e. The normalized spacial score (nSPS) is 12.5. The summed E-state index contributed by atoms with van der Waals surface area (Å²) in [6, 6.07) is 15.3. The highest BCUT2D eigenvalue weighted by Gasteiger charge is 2.30. The molecule has 220 valence electrons. The number of carboxylic acid groups (broad SMARTS) is 1. The van der Waals surface area contributed by atoms with Crippen LogP contribution in [-0.4, -0.2) is 73.1 Å². The molecule has 0 fully saturated rings. The minimum absolute atomic E-state index is 0.0253. The molecule has 2 heterocycles. The number of aromatic nitrogens is 4. The number of methoxy groups -OCH3 is 1. The molecule has 0 aliphatic rings. The van der Waals surface area contributed by atoms with Crippen molar-refractivity contribution in [2.45, 2.75) is 24.9 Å². The molecule has 5 aromatic rings. The first-order valence-corrected chi connectivity index (χ1v) is 13.3. The zero-order valence-corrected chi connectivity index (χ0v) is 23.3. The van der Waals surface area contributed by atoms with Gasteiger partial charge in [-0.3, -0.25) is 4.79 Å². The third-order valence-corrected chi connectivity index (χ3v) is 7.32. The van der Waals surface area contributed by atoms with Crippen LogP contribution in [0, 0.1) is 5.82 Å². The van der Waals surface area contributed by atoms with E-state index < -0.39 is 35.7 Å². The van der Waals surface area contributed by atoms with Gasteiger partial charge in [-0.15, -0.1) is 5.10 Å². The maximum Gasteiger partial charge on any atom is 0.331 e. The molecule has 12 heteroatoms. The number of nitrogens with zero attached hydrogens (tertiary/aromatic N) is 4. The second kappa shape index (κ2) is 12.1. The van der Waals surface area contributed by atoms with E-state index in [0.717, 1.165) is 27.4 Å². The van der Waals surface area contributed by atoms with E-state index in [0.29, 0.717) is 11.1 Å². The lowest BCUT2D eigenvalue weighted by Crippen LogP contribution is -2.44. The SMILES string of the molecule is COC(=O)[C@@H](Cc1c[nH]c2ccccc12)n1cc(-c2ccc(C(=O)N(C)[C@@H](Cc3ccc(O)cc3)C(=O)O)c(F)c2)nn1. The summed E-state index contributed by atoms with van der Waals surface area (Å²) in [6.45, 7) is 0. The molecule has 11 nitrogen and oxygen atoms in total. The van der Waals surface area contributed by atoms with Crippen molar-refractivity contribution >= 4 is 28.7 Å². The summed E-state index contributed by atoms with van der Waals surface area (Å²) in [5.41, 5.74) is 2.63. The highest BCUT2D eigenvalue weighted by molar-refractivity contribution is 5.97. The number of phenolic OH excluding ortho intramolecular Hbond substituents is 1. The Hall–Kier alpha value is -5.52. The molecule has 0 aliphatic heterocycles. The zero-order chi connectivity index (χ0) is 30.7. The molecule has 0 saturated heterocycles. The number of aromatic hydroxyl groups is 1. The number of fused-ring (bicyclic) bond motifs is 1. The molecule has 2 atom stereocenters. The van der Waals surface area contributed by atoms with Crippen molar-refractivity contribution in [1.29, 1.82) is 0 Å². The van der Waals surface area contributed by atoms with E-state index in [-0.39, 0.29) is 29.8 Å². The molecule has 2 aromatic heterocycles. The van der Waals surface area contributed by atoms with Crippen LogP contribution >= 0.6 is 0 Å². The second-order valence-electron chi connectivity index (χ2n) is 10.0. The van der Waals surface area contributed by atoms with Crippen LogP contribution in [0.2, 0.25) is 0 Å². The molecule has 0 spiro atoms. The van der Waals surface area contributed by atoms with Gasteiger partial charge in [0.25, 0.3) is 5.91 Å². The van der Waals surface area contributed by atoms with Crippen molar-refractivity contribution in [3.63, 3.8) is 0 Å². The minimum Gasteiger partial charge on any atom is -0.508 e. The number of nitrogens with one attached hydrogen (secondary N) is 1. The molecule has 0 bridgehead atoms. The number of halogens is 1. The Bertz CT molecular complexity index is 1800. The standard InChI is InChI=1S/C31H28FN5O6/c1-36(27(30(40)41)13-18-7-10-21(38)11-8-18)29(39)23-12-9-19(14-24(23)32)26-17-37(35-34-26)28(31(42)43-2)15-20-16-33-25-6-4-3-5-22(20)25/h3-12,14,16-17,27-28,33,38H,13,15H2,1-2H3,(H,40,41)/t27-,28+/m0/s1. The Morgan fingerprint density at radius 2 is 1.81 bits per heavy atom. The number of para-hydroxylation sites is 1. The number of esters is 1. The number of carbonyl (C=O) groups is 3. The third kappa shape index (κ3) is 6.08. The second-order valence-corrected chi connectivity index (χ2v) is 10.0. The van der Waals surface area contributed by atoms with Gasteiger partial charge in [0.05, 0.1) is 18.9 Å². The summed E-state index contributed by atoms with van der Waals surface area (Å²) in [5.74, 6) is -3.45. The van der Waals surface area contributed by atoms with E-state index in [1.54, 1.807) is 12.1 Å². The first-order valence-electron chi connectivity index (χ1n) is 13.3. The molecule has 5 rings (SSSR count). The van der Waals surface area contributed by atoms with Gasteiger partial charge in [-0.25, -0.2) is 18.7 Å². The number of carboxylic acids is 1. The van der Waals surface area contributed by atoms with Gasteiger partial charge in [-0.05, 0) is 41.5 Å². The van der Waals surface area contributed by atoms with Crippen LogP contribution in [0.25, 0.3) is 22.2 Å². The Balaban J connectivity index is 1.36. The van der Waals surface area contributed by atoms with Crippen molar-refractivity contribution < 1.29 is 33.7 Å². The van der Waals surface area contributed by atoms with E-state index in [9.17, 15) is 24.6 Å². The van der Waals surface area contributed by atoms with Crippen molar-refractivity contribution in [3.05, 3.63) is 102 Å². The van der Waals surface area contributed by atoms with Crippen molar-refractivity contribution in [2.75, 3.05) is 14.2 Å². The molecule has 3 aromatic carbocycles. The number of phenols is 1. The van der Waals surface area contributed by atoms with Gasteiger partial charge < -0.3 is 24.8 Å². The average Bonchev–Trinajstić information content (AvgIpc) is 3.66. The topological polar surface area (TPSA) is 151 Å². The summed E-state index contributed by atoms with van der Waals surface area (Å²) in [4.78, 5) is 42.0. The van der Waals surface area contributed by atoms with E-state index in [1.807, 2.05) is 30.5 Å². The number of aliphatic carboxylic acids is 1. The number of aromatic amines is 1. The maximum absolute atomic E-state index is 15.3. The van der Waals surface area contributed by atoms with Crippen LogP contribution < -0.4 is 0 Å². The summed E-state index contributed by atoms with van der Waals surface area (Å²) >= 11 is 0. The molecule has 3 N–H and O–H groups in total. The van der Waals surface area contributed by atoms with Gasteiger partial charge in [0, 0.05) is 42.6 Å². The van der Waals surface area contributed by atoms with Crippen molar-refractivity contribution in [3.8, 4) is 17.0 Å². The van der Waals surface area contributed by atoms with Gasteiger partial charge in [-0.2, -0.15) is 0 Å². The lowest BCUT2D eigenvalue weighted by atomic mass is 10.0. The fourth-order valence-corrected chi connectivity index (χ4v) is 4.92. The van der Waals surface area contributed by atoms with Crippen LogP contribution in [0.1, 0.15) is 27.5 Å². The summed E-state index contributed by atoms with van der Waals surface area (Å²) in [6.07, 6.45) is 3.54. The Labute approximate surface area is 245 Å². The first kappa shape index (κ1) is 29.0. The fraction of sp³-hybridized carbons (Fsp3) is 0.194. The quantitative estimate of drug-likeness (QED) is 0.208. The predicted molar refractivity (Wildman–Crippen MR) is 154 cm³/mol. The number of hydrogen-bond donors (Lipinski definition) is 3. The van der Waals surface area contributed by atoms with Gasteiger partial charge in [-0.1, -0.05) is 41.6 Å². The molecule has 43 heavy (non-hydrogen) atoms. The first-order chi connectivity index (χ1) is 20.7. The van der Waals surface area contributed by atoms with E-state index in [2.05, 4.69) is 15.3 Å². The number of benzene rings is 3. The summed E-state index contributed by atoms with van der Waals surface area (Å²) in [5, 5.41) is 28.4. The third-order valence-electron chi connectivity index (χ3n) is 7.32. The van der Waals surface area contributed by atoms with Crippen LogP contribution in [-0.2, 0) is 27.2 Å². The minimum atomic E-state index is -1.27. The monoisotopic (exact) mass is 585 g/mol. The van der Waals surface area contributed by atoms with E-state index in [4.69, 9.17) is 4.74 Å². The number of ether oxygens (including phenoxy) is 1. The van der Waals surface area contributed by atoms with E-state index >= 15 is 4.39 Å². The lowest BCUT2D eigenvalue weighted by Gasteiger charge is -2.25. The van der Waals surface area contributed by atoms with Crippen LogP contribution in [0.15, 0.2) is 79.1 Å². The number of hydrogen-bond acceptors (Lipinski definition) is 7. The zero-order valence-electron chi connectivity index (χ0n) is 23.3. The number of amides is 1. The summed E-state index contributed by atoms with van der Waals surface area (Å²) in [7, 11) is 2.57. The van der Waals surface area contributed by atoms with Crippen LogP contribution in [0.5, 0.6) is 5.75 Å². The van der Waals surface area contributed by atoms with Crippen molar-refractivity contribution in [2.24, 2.45) is 0 Å². The summed E-state index contributed by atoms with van der Waals surface area (Å²) < 4.78 is 21.6. The molecule has 0 unspecified atom stereocenters. The number of H-pyrrole nitrogens is 1. The molecule has 1 amide bonds. The van der Waals surface area contributed by atoms with Gasteiger partial charge >= 0.3 is 11.9 Å². The lowest BCUT2D eigenvalue weighted by molar-refractivity contribution is -0.145. The van der Waals surface area contributed by atoms with Crippen LogP contribution in [0.3, 0.4) is 0 Å². The van der Waals surface area contributed by atoms with Crippen molar-refractivity contribution in [1.82, 2.24) is 24.9 Å². The van der Waals surface area contributed by atoms with Crippen LogP contribution in [0.4, 0.5) is 4.39 Å². The molecule has 0 radical (unpaired) electrons. The number of rotatable bonds is 10. The predicted octanol–water partition coefficient (Wildman–Crippen LogP) is 4.00. The highest BCUT2D eigenvalue weighted by atomic mass is 19.1. The number of carbonyl (C=O) groups excluding carboxylic acids is 2. The molecule has 0 saturated carbocycles. The maximum atomic E-state index is 15.3. The van der Waals surface area contributed by atoms with E-state index in [1.165, 1.54) is 49.3 Å². The molecular weight excluding hydrogens is 557 g/mol. The number of likely N-dealkylation sites (N-methyl/N-ethyl adjacent to an activating group) is 1. The molecular formula is C31H28FN5O6. The smallest absolute Gasteiger partial charge is 0.331 e. The Kier molecular flexibility index (Phi) is 8.19. The van der Waals surface area contributed by atoms with Gasteiger partial charge in [0.1, 0.15) is 23.3 Å². The average molecular weight is 586 g/mol. The van der Waals surface area contributed by atoms with Gasteiger partial charge in [0.2, 0.25) is 0 Å². The Morgan fingerprint density at radius 3 is 2.51 bits per heavy atom. The highest BCUT2D eigenvalue weighted by Crippen LogP contribution is 2.26. The van der Waals surface area contributed by atoms with Gasteiger partial charge in [0.15, 0.2) is 6.04 Å².